The van der Waals surface area contributed by atoms with E-state index in [1.54, 1.807) is 12.1 Å². The molecule has 1 saturated heterocycles. The zero-order valence-electron chi connectivity index (χ0n) is 11.9. The van der Waals surface area contributed by atoms with Crippen LogP contribution in [0.15, 0.2) is 18.3 Å². The van der Waals surface area contributed by atoms with Gasteiger partial charge in [-0.3, -0.25) is 0 Å². The number of nitrogens with zero attached hydrogens (tertiary/aromatic N) is 3. The molecule has 0 amide bonds. The first-order valence-corrected chi connectivity index (χ1v) is 7.61. The maximum atomic E-state index is 11.3. The van der Waals surface area contributed by atoms with Gasteiger partial charge < -0.3 is 14.4 Å². The molecule has 1 fully saturated rings. The standard InChI is InChI=1S/C15H18ClN3O2/c1-2-18-8-5-10(6-9-18)14-17-13(16)12-11(15(20)21)4-3-7-19(12)14/h3-4,7,10H,2,5-6,8-9H2,1H3,(H,20,21). The molecular weight excluding hydrogens is 290 g/mol. The number of aromatic nitrogens is 2. The number of carbonyl (C=O) groups is 1. The largest absolute Gasteiger partial charge is 0.478 e. The van der Waals surface area contributed by atoms with E-state index in [0.717, 1.165) is 38.3 Å². The number of imidazole rings is 1. The maximum Gasteiger partial charge on any atom is 0.337 e. The maximum absolute atomic E-state index is 11.3. The number of halogens is 1. The van der Waals surface area contributed by atoms with Crippen LogP contribution in [0.5, 0.6) is 0 Å². The van der Waals surface area contributed by atoms with E-state index in [1.165, 1.54) is 0 Å². The van der Waals surface area contributed by atoms with Crippen molar-refractivity contribution in [3.63, 3.8) is 0 Å². The monoisotopic (exact) mass is 307 g/mol. The zero-order chi connectivity index (χ0) is 15.0. The Balaban J connectivity index is 2.01. The lowest BCUT2D eigenvalue weighted by atomic mass is 9.96. The second-order valence-electron chi connectivity index (χ2n) is 5.41. The minimum absolute atomic E-state index is 0.201. The van der Waals surface area contributed by atoms with Gasteiger partial charge >= 0.3 is 5.97 Å². The van der Waals surface area contributed by atoms with Crippen molar-refractivity contribution in [2.24, 2.45) is 0 Å². The van der Waals surface area contributed by atoms with E-state index in [-0.39, 0.29) is 10.7 Å². The van der Waals surface area contributed by atoms with Crippen LogP contribution in [0, 0.1) is 0 Å². The number of carboxylic acid groups (broad SMARTS) is 1. The van der Waals surface area contributed by atoms with E-state index >= 15 is 0 Å². The number of pyridine rings is 1. The second kappa shape index (κ2) is 5.66. The van der Waals surface area contributed by atoms with Crippen LogP contribution in [0.4, 0.5) is 0 Å². The molecule has 3 rings (SSSR count). The molecule has 2 aromatic rings. The molecular formula is C15H18ClN3O2. The van der Waals surface area contributed by atoms with Crippen molar-refractivity contribution in [2.45, 2.75) is 25.7 Å². The second-order valence-corrected chi connectivity index (χ2v) is 5.77. The molecule has 0 saturated carbocycles. The summed E-state index contributed by atoms with van der Waals surface area (Å²) in [6.07, 6.45) is 3.91. The van der Waals surface area contributed by atoms with Crippen molar-refractivity contribution in [1.29, 1.82) is 0 Å². The quantitative estimate of drug-likeness (QED) is 0.947. The van der Waals surface area contributed by atoms with Crippen molar-refractivity contribution in [3.8, 4) is 0 Å². The number of hydrogen-bond donors (Lipinski definition) is 1. The van der Waals surface area contributed by atoms with E-state index in [4.69, 9.17) is 11.6 Å². The van der Waals surface area contributed by atoms with Crippen molar-refractivity contribution in [2.75, 3.05) is 19.6 Å². The number of rotatable bonds is 3. The van der Waals surface area contributed by atoms with Gasteiger partial charge in [0.25, 0.3) is 0 Å². The van der Waals surface area contributed by atoms with Crippen LogP contribution in [0.3, 0.4) is 0 Å². The van der Waals surface area contributed by atoms with Crippen LogP contribution in [-0.2, 0) is 0 Å². The Morgan fingerprint density at radius 1 is 1.48 bits per heavy atom. The molecule has 1 aliphatic rings. The first-order valence-electron chi connectivity index (χ1n) is 7.24. The molecule has 1 N–H and O–H groups in total. The summed E-state index contributed by atoms with van der Waals surface area (Å²) in [5.41, 5.74) is 0.701. The van der Waals surface area contributed by atoms with Gasteiger partial charge in [0, 0.05) is 12.1 Å². The molecule has 0 atom stereocenters. The summed E-state index contributed by atoms with van der Waals surface area (Å²) in [4.78, 5) is 18.2. The molecule has 0 spiro atoms. The molecule has 0 radical (unpaired) electrons. The summed E-state index contributed by atoms with van der Waals surface area (Å²) in [5, 5.41) is 9.57. The van der Waals surface area contributed by atoms with Gasteiger partial charge in [0.05, 0.1) is 11.1 Å². The van der Waals surface area contributed by atoms with Gasteiger partial charge in [0.2, 0.25) is 0 Å². The fourth-order valence-electron chi connectivity index (χ4n) is 3.09. The minimum atomic E-state index is -0.977. The lowest BCUT2D eigenvalue weighted by molar-refractivity contribution is 0.0698. The third-order valence-corrected chi connectivity index (χ3v) is 4.54. The van der Waals surface area contributed by atoms with Gasteiger partial charge in [0.15, 0.2) is 5.15 Å². The third kappa shape index (κ3) is 2.51. The predicted molar refractivity (Wildman–Crippen MR) is 81.3 cm³/mol. The van der Waals surface area contributed by atoms with Gasteiger partial charge in [0.1, 0.15) is 5.82 Å². The van der Waals surface area contributed by atoms with Gasteiger partial charge in [-0.2, -0.15) is 0 Å². The van der Waals surface area contributed by atoms with Crippen LogP contribution >= 0.6 is 11.6 Å². The molecule has 1 aliphatic heterocycles. The Hall–Kier alpha value is -1.59. The number of fused-ring (bicyclic) bond motifs is 1. The topological polar surface area (TPSA) is 57.8 Å². The smallest absolute Gasteiger partial charge is 0.337 e. The molecule has 112 valence electrons. The molecule has 0 aliphatic carbocycles. The lowest BCUT2D eigenvalue weighted by Crippen LogP contribution is -2.33. The van der Waals surface area contributed by atoms with Gasteiger partial charge in [-0.1, -0.05) is 18.5 Å². The Kier molecular flexibility index (Phi) is 3.87. The fourth-order valence-corrected chi connectivity index (χ4v) is 3.36. The summed E-state index contributed by atoms with van der Waals surface area (Å²) in [7, 11) is 0. The summed E-state index contributed by atoms with van der Waals surface area (Å²) in [5.74, 6) is 0.237. The molecule has 3 heterocycles. The Morgan fingerprint density at radius 2 is 2.19 bits per heavy atom. The first kappa shape index (κ1) is 14.4. The molecule has 5 nitrogen and oxygen atoms in total. The highest BCUT2D eigenvalue weighted by Crippen LogP contribution is 2.31. The SMILES string of the molecule is CCN1CCC(c2nc(Cl)c3c(C(=O)O)cccn23)CC1. The highest BCUT2D eigenvalue weighted by Gasteiger charge is 2.25. The van der Waals surface area contributed by atoms with Gasteiger partial charge in [-0.05, 0) is 44.6 Å². The first-order chi connectivity index (χ1) is 10.1. The van der Waals surface area contributed by atoms with E-state index < -0.39 is 5.97 Å². The summed E-state index contributed by atoms with van der Waals surface area (Å²) in [6.45, 7) is 5.33. The van der Waals surface area contributed by atoms with E-state index in [2.05, 4.69) is 16.8 Å². The number of likely N-dealkylation sites (tertiary alicyclic amines) is 1. The molecule has 2 aromatic heterocycles. The minimum Gasteiger partial charge on any atom is -0.478 e. The Labute approximate surface area is 128 Å². The lowest BCUT2D eigenvalue weighted by Gasteiger charge is -2.30. The average molecular weight is 308 g/mol. The van der Waals surface area contributed by atoms with E-state index in [0.29, 0.717) is 11.4 Å². The molecule has 0 unspecified atom stereocenters. The molecule has 21 heavy (non-hydrogen) atoms. The normalized spacial score (nSPS) is 17.4. The Morgan fingerprint density at radius 3 is 2.81 bits per heavy atom. The highest BCUT2D eigenvalue weighted by atomic mass is 35.5. The van der Waals surface area contributed by atoms with Gasteiger partial charge in [-0.25, -0.2) is 9.78 Å². The van der Waals surface area contributed by atoms with Crippen molar-refractivity contribution in [1.82, 2.24) is 14.3 Å². The number of carboxylic acids is 1. The third-order valence-electron chi connectivity index (χ3n) is 4.28. The van der Waals surface area contributed by atoms with Crippen LogP contribution < -0.4 is 0 Å². The number of piperidine rings is 1. The zero-order valence-corrected chi connectivity index (χ0v) is 12.7. The number of hydrogen-bond acceptors (Lipinski definition) is 3. The average Bonchev–Trinajstić information content (AvgIpc) is 2.84. The van der Waals surface area contributed by atoms with Crippen molar-refractivity contribution in [3.05, 3.63) is 34.9 Å². The summed E-state index contributed by atoms with van der Waals surface area (Å²) >= 11 is 6.20. The van der Waals surface area contributed by atoms with Crippen LogP contribution in [0.25, 0.3) is 5.52 Å². The molecule has 0 aromatic carbocycles. The van der Waals surface area contributed by atoms with E-state index in [9.17, 15) is 9.90 Å². The predicted octanol–water partition coefficient (Wildman–Crippen LogP) is 2.89. The van der Waals surface area contributed by atoms with Crippen molar-refractivity contribution < 1.29 is 9.90 Å². The Bertz CT molecular complexity index is 675. The van der Waals surface area contributed by atoms with Crippen LogP contribution in [-0.4, -0.2) is 45.0 Å². The number of aromatic carboxylic acids is 1. The van der Waals surface area contributed by atoms with Crippen LogP contribution in [0.2, 0.25) is 5.15 Å². The summed E-state index contributed by atoms with van der Waals surface area (Å²) < 4.78 is 1.85. The fraction of sp³-hybridized carbons (Fsp3) is 0.467. The van der Waals surface area contributed by atoms with Gasteiger partial charge in [-0.15, -0.1) is 0 Å². The molecule has 6 heteroatoms. The van der Waals surface area contributed by atoms with Crippen molar-refractivity contribution >= 4 is 23.1 Å². The molecule has 0 bridgehead atoms. The van der Waals surface area contributed by atoms with E-state index in [1.807, 2.05) is 10.6 Å². The van der Waals surface area contributed by atoms with Crippen LogP contribution in [0.1, 0.15) is 41.9 Å². The highest BCUT2D eigenvalue weighted by molar-refractivity contribution is 6.33. The summed E-state index contributed by atoms with van der Waals surface area (Å²) in [6, 6.07) is 3.30.